The summed E-state index contributed by atoms with van der Waals surface area (Å²) in [5, 5.41) is 42.9. The van der Waals surface area contributed by atoms with Gasteiger partial charge in [-0.25, -0.2) is 9.53 Å². The number of aromatic nitrogens is 7. The minimum atomic E-state index is -0.472. The topological polar surface area (TPSA) is 210 Å². The first kappa shape index (κ1) is 23.6. The van der Waals surface area contributed by atoms with E-state index in [-0.39, 0.29) is 39.9 Å². The number of rotatable bonds is 5. The molecule has 4 aromatic rings. The molecule has 18 heteroatoms. The zero-order chi connectivity index (χ0) is 26.6. The highest BCUT2D eigenvalue weighted by Crippen LogP contribution is 2.55. The molecule has 4 aromatic heterocycles. The van der Waals surface area contributed by atoms with Gasteiger partial charge in [0.15, 0.2) is 23.0 Å². The van der Waals surface area contributed by atoms with Gasteiger partial charge in [-0.15, -0.1) is 48.6 Å². The number of thioether (sulfide) groups is 1. The van der Waals surface area contributed by atoms with E-state index >= 15 is 0 Å². The first-order valence-corrected chi connectivity index (χ1v) is 12.8. The number of ether oxygens (including phenoxy) is 2. The minimum absolute atomic E-state index is 0.0819. The van der Waals surface area contributed by atoms with Crippen LogP contribution in [-0.2, 0) is 0 Å². The lowest BCUT2D eigenvalue weighted by Gasteiger charge is -2.20. The predicted octanol–water partition coefficient (Wildman–Crippen LogP) is 2.70. The van der Waals surface area contributed by atoms with Gasteiger partial charge in [0.25, 0.3) is 11.6 Å². The van der Waals surface area contributed by atoms with Crippen LogP contribution in [0.5, 0.6) is 11.8 Å². The summed E-state index contributed by atoms with van der Waals surface area (Å²) >= 11 is 2.90. The quantitative estimate of drug-likeness (QED) is 0.346. The lowest BCUT2D eigenvalue weighted by molar-refractivity contribution is 0.323. The second-order valence-corrected chi connectivity index (χ2v) is 10.2. The highest BCUT2D eigenvalue weighted by atomic mass is 32.2. The summed E-state index contributed by atoms with van der Waals surface area (Å²) in [6.07, 6.45) is 0. The van der Waals surface area contributed by atoms with E-state index in [1.165, 1.54) is 32.5 Å². The molecular weight excluding hydrogens is 532 g/mol. The summed E-state index contributed by atoms with van der Waals surface area (Å²) in [5.41, 5.74) is 14.0. The van der Waals surface area contributed by atoms with Crippen molar-refractivity contribution >= 4 is 56.5 Å². The van der Waals surface area contributed by atoms with Gasteiger partial charge >= 0.3 is 0 Å². The average molecular weight is 549 g/mol. The maximum absolute atomic E-state index is 9.54. The van der Waals surface area contributed by atoms with Crippen LogP contribution in [-0.4, -0.2) is 59.3 Å². The number of nitrogens with zero attached hydrogens (tertiary/aromatic N) is 12. The molecule has 38 heavy (non-hydrogen) atoms. The first-order chi connectivity index (χ1) is 18.5. The van der Waals surface area contributed by atoms with Crippen molar-refractivity contribution in [2.45, 2.75) is 29.3 Å². The Bertz CT molecular complexity index is 1750. The SMILES string of the molecule is [C-]#[N+]c1c(OCC)nn(C2=NN=NC3c4c(sc5c(-n6nc(OCC)c(C#N)c6N)nnnc45)SC23)c1N. The molecule has 0 aliphatic carbocycles. The van der Waals surface area contributed by atoms with Gasteiger partial charge in [-0.05, 0) is 24.3 Å². The monoisotopic (exact) mass is 548 g/mol. The van der Waals surface area contributed by atoms with Gasteiger partial charge in [0.1, 0.15) is 33.4 Å². The molecule has 190 valence electrons. The molecule has 0 spiro atoms. The maximum atomic E-state index is 9.54. The van der Waals surface area contributed by atoms with Gasteiger partial charge in [-0.2, -0.15) is 15.1 Å². The summed E-state index contributed by atoms with van der Waals surface area (Å²) < 4.78 is 15.2. The van der Waals surface area contributed by atoms with Crippen LogP contribution in [0.25, 0.3) is 20.9 Å². The summed E-state index contributed by atoms with van der Waals surface area (Å²) in [6.45, 7) is 11.7. The summed E-state index contributed by atoms with van der Waals surface area (Å²) in [7, 11) is 0. The molecular formula is C20H16N14O2S2. The fourth-order valence-electron chi connectivity index (χ4n) is 4.13. The molecule has 0 saturated carbocycles. The van der Waals surface area contributed by atoms with Gasteiger partial charge in [0, 0.05) is 5.56 Å². The van der Waals surface area contributed by atoms with Crippen molar-refractivity contribution in [1.82, 2.24) is 35.0 Å². The van der Waals surface area contributed by atoms with E-state index in [9.17, 15) is 5.26 Å². The average Bonchev–Trinajstić information content (AvgIpc) is 3.63. The lowest BCUT2D eigenvalue weighted by Crippen LogP contribution is -2.31. The molecule has 4 N–H and O–H groups in total. The standard InChI is InChI=1S/C20H16N14O2S2/c1-4-35-18-7(6-21)14(22)33(29-18)16-12-9(25-31-27-16)8-10-13(38-20(8)37-12)17(28-32-26-10)34-15(23)11(24-3)19(30-34)36-5-2/h10,13H,4-5,22-23H2,1-2H3. The van der Waals surface area contributed by atoms with Gasteiger partial charge in [0.05, 0.1) is 24.0 Å². The molecule has 0 aromatic carbocycles. The van der Waals surface area contributed by atoms with Gasteiger partial charge in [-0.3, -0.25) is 0 Å². The molecule has 0 radical (unpaired) electrons. The van der Waals surface area contributed by atoms with Gasteiger partial charge in [-0.1, -0.05) is 0 Å². The second-order valence-electron chi connectivity index (χ2n) is 7.76. The molecule has 2 atom stereocenters. The molecule has 0 fully saturated rings. The van der Waals surface area contributed by atoms with Crippen LogP contribution in [0.1, 0.15) is 31.0 Å². The Morgan fingerprint density at radius 3 is 2.61 bits per heavy atom. The number of anilines is 2. The fourth-order valence-corrected chi connectivity index (χ4v) is 7.01. The van der Waals surface area contributed by atoms with E-state index in [0.717, 1.165) is 9.77 Å². The Balaban J connectivity index is 1.43. The van der Waals surface area contributed by atoms with E-state index in [2.05, 4.69) is 45.9 Å². The van der Waals surface area contributed by atoms with Crippen LogP contribution < -0.4 is 20.9 Å². The van der Waals surface area contributed by atoms with Crippen LogP contribution in [0, 0.1) is 17.9 Å². The molecule has 16 nitrogen and oxygen atoms in total. The molecule has 6 rings (SSSR count). The summed E-state index contributed by atoms with van der Waals surface area (Å²) in [4.78, 5) is 3.46. The number of thiophene rings is 1. The van der Waals surface area contributed by atoms with Crippen molar-refractivity contribution < 1.29 is 9.47 Å². The van der Waals surface area contributed by atoms with E-state index in [0.29, 0.717) is 35.1 Å². The Morgan fingerprint density at radius 1 is 1.11 bits per heavy atom. The van der Waals surface area contributed by atoms with E-state index in [1.807, 2.05) is 6.07 Å². The zero-order valence-corrected chi connectivity index (χ0v) is 21.4. The predicted molar refractivity (Wildman–Crippen MR) is 137 cm³/mol. The largest absolute Gasteiger partial charge is 0.485 e. The molecule has 2 aliphatic rings. The smallest absolute Gasteiger partial charge is 0.289 e. The number of hydrogen-bond acceptors (Lipinski definition) is 15. The molecule has 2 unspecified atom stereocenters. The van der Waals surface area contributed by atoms with Crippen molar-refractivity contribution in [2.24, 2.45) is 15.4 Å². The zero-order valence-electron chi connectivity index (χ0n) is 19.7. The van der Waals surface area contributed by atoms with E-state index < -0.39 is 6.04 Å². The highest BCUT2D eigenvalue weighted by Gasteiger charge is 2.45. The Morgan fingerprint density at radius 2 is 1.87 bits per heavy atom. The normalized spacial score (nSPS) is 17.5. The Hall–Kier alpha value is -4.81. The van der Waals surface area contributed by atoms with Crippen molar-refractivity contribution in [1.29, 1.82) is 5.26 Å². The Kier molecular flexibility index (Phi) is 5.55. The number of nitriles is 1. The Labute approximate surface area is 221 Å². The van der Waals surface area contributed by atoms with E-state index in [1.54, 1.807) is 13.8 Å². The maximum Gasteiger partial charge on any atom is 0.289 e. The third-order valence-corrected chi connectivity index (χ3v) is 8.40. The fraction of sp³-hybridized carbons (Fsp3) is 0.300. The number of fused-ring (bicyclic) bond motifs is 5. The number of nitrogens with two attached hydrogens (primary N) is 2. The minimum Gasteiger partial charge on any atom is -0.485 e. The highest BCUT2D eigenvalue weighted by molar-refractivity contribution is 8.03. The second kappa shape index (κ2) is 8.94. The van der Waals surface area contributed by atoms with Crippen LogP contribution in [0.15, 0.2) is 19.6 Å². The first-order valence-electron chi connectivity index (χ1n) is 11.1. The van der Waals surface area contributed by atoms with Crippen LogP contribution in [0.2, 0.25) is 0 Å². The molecule has 2 aliphatic heterocycles. The van der Waals surface area contributed by atoms with Crippen LogP contribution in [0.4, 0.5) is 17.3 Å². The van der Waals surface area contributed by atoms with Crippen molar-refractivity contribution in [3.8, 4) is 23.6 Å². The molecule has 0 saturated heterocycles. The number of nitrogen functional groups attached to an aromatic ring is 2. The summed E-state index contributed by atoms with van der Waals surface area (Å²) in [5.74, 6) is 1.16. The third kappa shape index (κ3) is 3.27. The molecule has 6 heterocycles. The summed E-state index contributed by atoms with van der Waals surface area (Å²) in [6, 6.07) is 1.55. The van der Waals surface area contributed by atoms with Gasteiger partial charge < -0.3 is 20.9 Å². The van der Waals surface area contributed by atoms with Crippen LogP contribution in [0.3, 0.4) is 0 Å². The van der Waals surface area contributed by atoms with Gasteiger partial charge in [0.2, 0.25) is 5.88 Å². The third-order valence-electron chi connectivity index (χ3n) is 5.72. The van der Waals surface area contributed by atoms with Crippen molar-refractivity contribution in [2.75, 3.05) is 24.7 Å². The van der Waals surface area contributed by atoms with Crippen LogP contribution >= 0.6 is 23.1 Å². The molecule has 0 amide bonds. The van der Waals surface area contributed by atoms with E-state index in [4.69, 9.17) is 27.5 Å². The number of hydrogen-bond donors (Lipinski definition) is 2. The van der Waals surface area contributed by atoms with Crippen molar-refractivity contribution in [3.63, 3.8) is 0 Å². The lowest BCUT2D eigenvalue weighted by atomic mass is 10.1. The molecule has 0 bridgehead atoms. The van der Waals surface area contributed by atoms with Crippen molar-refractivity contribution in [3.05, 3.63) is 22.5 Å².